The smallest absolute Gasteiger partial charge is 0.227 e. The maximum atomic E-state index is 13.9. The lowest BCUT2D eigenvalue weighted by Gasteiger charge is -2.22. The first kappa shape index (κ1) is 18.2. The highest BCUT2D eigenvalue weighted by atomic mass is 19.1. The fourth-order valence-corrected chi connectivity index (χ4v) is 4.27. The molecule has 2 aromatic carbocycles. The summed E-state index contributed by atoms with van der Waals surface area (Å²) >= 11 is 0. The van der Waals surface area contributed by atoms with Crippen LogP contribution in [-0.2, 0) is 30.6 Å². The highest BCUT2D eigenvalue weighted by Gasteiger charge is 2.20. The summed E-state index contributed by atoms with van der Waals surface area (Å²) in [4.78, 5) is 17.0. The van der Waals surface area contributed by atoms with Crippen LogP contribution < -0.4 is 0 Å². The van der Waals surface area contributed by atoms with Crippen molar-refractivity contribution < 1.29 is 9.18 Å². The first-order valence-corrected chi connectivity index (χ1v) is 10.0. The van der Waals surface area contributed by atoms with E-state index < -0.39 is 0 Å². The van der Waals surface area contributed by atoms with Gasteiger partial charge in [0, 0.05) is 38.3 Å². The Morgan fingerprint density at radius 2 is 1.78 bits per heavy atom. The van der Waals surface area contributed by atoms with Gasteiger partial charge in [0.15, 0.2) is 0 Å². The minimum atomic E-state index is -0.147. The Morgan fingerprint density at radius 1 is 0.926 bits per heavy atom. The number of benzene rings is 2. The predicted molar refractivity (Wildman–Crippen MR) is 105 cm³/mol. The lowest BCUT2D eigenvalue weighted by atomic mass is 10.0. The SMILES string of the molecule is O=C(Cc1ccc2c(c1)CCC2)N1CCCN(Cc2ccccc2F)CC1. The highest BCUT2D eigenvalue weighted by molar-refractivity contribution is 5.79. The van der Waals surface area contributed by atoms with E-state index in [0.29, 0.717) is 13.0 Å². The lowest BCUT2D eigenvalue weighted by molar-refractivity contribution is -0.130. The van der Waals surface area contributed by atoms with Crippen LogP contribution in [0.3, 0.4) is 0 Å². The van der Waals surface area contributed by atoms with Crippen LogP contribution >= 0.6 is 0 Å². The molecule has 0 bridgehead atoms. The Bertz CT molecular complexity index is 820. The Balaban J connectivity index is 1.33. The zero-order chi connectivity index (χ0) is 18.6. The van der Waals surface area contributed by atoms with E-state index in [-0.39, 0.29) is 11.7 Å². The highest BCUT2D eigenvalue weighted by Crippen LogP contribution is 2.23. The molecule has 2 aromatic rings. The summed E-state index contributed by atoms with van der Waals surface area (Å²) in [5.74, 6) is 0.0620. The van der Waals surface area contributed by atoms with Crippen molar-refractivity contribution >= 4 is 5.91 Å². The molecule has 1 aliphatic heterocycles. The van der Waals surface area contributed by atoms with E-state index in [1.807, 2.05) is 17.0 Å². The van der Waals surface area contributed by atoms with Gasteiger partial charge in [0.25, 0.3) is 0 Å². The molecule has 0 N–H and O–H groups in total. The molecule has 3 nitrogen and oxygen atoms in total. The summed E-state index contributed by atoms with van der Waals surface area (Å²) in [5.41, 5.74) is 4.74. The number of halogens is 1. The summed E-state index contributed by atoms with van der Waals surface area (Å²) in [5, 5.41) is 0. The predicted octanol–water partition coefficient (Wildman–Crippen LogP) is 3.59. The molecule has 1 saturated heterocycles. The third kappa shape index (κ3) is 4.38. The monoisotopic (exact) mass is 366 g/mol. The van der Waals surface area contributed by atoms with Gasteiger partial charge >= 0.3 is 0 Å². The van der Waals surface area contributed by atoms with Crippen LogP contribution in [0.25, 0.3) is 0 Å². The normalized spacial score (nSPS) is 17.6. The van der Waals surface area contributed by atoms with E-state index >= 15 is 0 Å². The minimum absolute atomic E-state index is 0.147. The number of rotatable bonds is 4. The molecular weight excluding hydrogens is 339 g/mol. The van der Waals surface area contributed by atoms with Gasteiger partial charge in [-0.2, -0.15) is 0 Å². The van der Waals surface area contributed by atoms with E-state index in [9.17, 15) is 9.18 Å². The topological polar surface area (TPSA) is 23.6 Å². The van der Waals surface area contributed by atoms with Crippen LogP contribution in [0.5, 0.6) is 0 Å². The molecule has 0 saturated carbocycles. The zero-order valence-electron chi connectivity index (χ0n) is 15.8. The van der Waals surface area contributed by atoms with E-state index in [4.69, 9.17) is 0 Å². The van der Waals surface area contributed by atoms with Gasteiger partial charge in [-0.25, -0.2) is 4.39 Å². The zero-order valence-corrected chi connectivity index (χ0v) is 15.8. The Kier molecular flexibility index (Phi) is 5.53. The number of hydrogen-bond donors (Lipinski definition) is 0. The van der Waals surface area contributed by atoms with Crippen molar-refractivity contribution in [2.24, 2.45) is 0 Å². The summed E-state index contributed by atoms with van der Waals surface area (Å²) in [6.45, 7) is 3.82. The second-order valence-corrected chi connectivity index (χ2v) is 7.74. The van der Waals surface area contributed by atoms with Crippen LogP contribution in [0, 0.1) is 5.82 Å². The van der Waals surface area contributed by atoms with Crippen molar-refractivity contribution in [3.63, 3.8) is 0 Å². The second kappa shape index (κ2) is 8.22. The van der Waals surface area contributed by atoms with Crippen LogP contribution in [0.15, 0.2) is 42.5 Å². The van der Waals surface area contributed by atoms with Gasteiger partial charge in [-0.3, -0.25) is 9.69 Å². The maximum absolute atomic E-state index is 13.9. The van der Waals surface area contributed by atoms with E-state index in [0.717, 1.165) is 50.1 Å². The van der Waals surface area contributed by atoms with E-state index in [1.54, 1.807) is 6.07 Å². The number of carbonyl (C=O) groups excluding carboxylic acids is 1. The summed E-state index contributed by atoms with van der Waals surface area (Å²) in [6.07, 6.45) is 4.97. The average molecular weight is 366 g/mol. The minimum Gasteiger partial charge on any atom is -0.341 e. The Hall–Kier alpha value is -2.20. The van der Waals surface area contributed by atoms with Crippen molar-refractivity contribution in [3.8, 4) is 0 Å². The van der Waals surface area contributed by atoms with Gasteiger partial charge < -0.3 is 4.90 Å². The molecular formula is C23H27FN2O. The molecule has 4 rings (SSSR count). The van der Waals surface area contributed by atoms with Crippen LogP contribution in [0.1, 0.15) is 35.1 Å². The number of amides is 1. The maximum Gasteiger partial charge on any atom is 0.227 e. The Morgan fingerprint density at radius 3 is 2.67 bits per heavy atom. The fourth-order valence-electron chi connectivity index (χ4n) is 4.27. The molecule has 27 heavy (non-hydrogen) atoms. The molecule has 0 radical (unpaired) electrons. The summed E-state index contributed by atoms with van der Waals surface area (Å²) in [6, 6.07) is 13.5. The third-order valence-corrected chi connectivity index (χ3v) is 5.81. The molecule has 0 unspecified atom stereocenters. The molecule has 1 amide bonds. The van der Waals surface area contributed by atoms with E-state index in [2.05, 4.69) is 23.1 Å². The molecule has 4 heteroatoms. The lowest BCUT2D eigenvalue weighted by Crippen LogP contribution is -2.36. The molecule has 1 fully saturated rings. The first-order chi connectivity index (χ1) is 13.2. The van der Waals surface area contributed by atoms with Gasteiger partial charge in [0.1, 0.15) is 5.82 Å². The summed E-state index contributed by atoms with van der Waals surface area (Å²) < 4.78 is 13.9. The molecule has 1 aliphatic carbocycles. The van der Waals surface area contributed by atoms with Gasteiger partial charge in [-0.15, -0.1) is 0 Å². The Labute approximate surface area is 160 Å². The number of fused-ring (bicyclic) bond motifs is 1. The second-order valence-electron chi connectivity index (χ2n) is 7.74. The summed E-state index contributed by atoms with van der Waals surface area (Å²) in [7, 11) is 0. The van der Waals surface area contributed by atoms with Crippen molar-refractivity contribution in [1.29, 1.82) is 0 Å². The largest absolute Gasteiger partial charge is 0.341 e. The van der Waals surface area contributed by atoms with Crippen LogP contribution in [-0.4, -0.2) is 41.9 Å². The van der Waals surface area contributed by atoms with Crippen LogP contribution in [0.2, 0.25) is 0 Å². The quantitative estimate of drug-likeness (QED) is 0.826. The van der Waals surface area contributed by atoms with Gasteiger partial charge in [0.2, 0.25) is 5.91 Å². The molecule has 0 spiro atoms. The average Bonchev–Trinajstić information content (AvgIpc) is 3.01. The fraction of sp³-hybridized carbons (Fsp3) is 0.435. The number of aryl methyl sites for hydroxylation is 2. The molecule has 2 aliphatic rings. The standard InChI is InChI=1S/C23H27FN2O/c24-22-8-2-1-5-21(22)17-25-11-4-12-26(14-13-25)23(27)16-18-9-10-19-6-3-7-20(19)15-18/h1-2,5,8-10,15H,3-4,6-7,11-14,16-17H2. The van der Waals surface area contributed by atoms with Crippen molar-refractivity contribution in [3.05, 3.63) is 70.5 Å². The number of carbonyl (C=O) groups is 1. The molecule has 1 heterocycles. The van der Waals surface area contributed by atoms with E-state index in [1.165, 1.54) is 30.0 Å². The molecule has 0 atom stereocenters. The van der Waals surface area contributed by atoms with Crippen molar-refractivity contribution in [2.75, 3.05) is 26.2 Å². The van der Waals surface area contributed by atoms with Crippen molar-refractivity contribution in [1.82, 2.24) is 9.80 Å². The first-order valence-electron chi connectivity index (χ1n) is 10.0. The van der Waals surface area contributed by atoms with Gasteiger partial charge in [0.05, 0.1) is 6.42 Å². The van der Waals surface area contributed by atoms with Crippen molar-refractivity contribution in [2.45, 2.75) is 38.6 Å². The van der Waals surface area contributed by atoms with Gasteiger partial charge in [-0.1, -0.05) is 36.4 Å². The molecule has 0 aromatic heterocycles. The van der Waals surface area contributed by atoms with Crippen LogP contribution in [0.4, 0.5) is 4.39 Å². The number of hydrogen-bond acceptors (Lipinski definition) is 2. The molecule has 142 valence electrons. The number of nitrogens with zero attached hydrogens (tertiary/aromatic N) is 2. The van der Waals surface area contributed by atoms with Gasteiger partial charge in [-0.05, 0) is 48.4 Å². The third-order valence-electron chi connectivity index (χ3n) is 5.81.